The SMILES string of the molecule is Cc1cc(N)cc(C(=O)NC2CC(O)C2(C)C)c1F. The summed E-state index contributed by atoms with van der Waals surface area (Å²) in [6.45, 7) is 5.31. The predicted molar refractivity (Wildman–Crippen MR) is 71.2 cm³/mol. The fraction of sp³-hybridized carbons (Fsp3) is 0.500. The zero-order chi connectivity index (χ0) is 14.4. The molecule has 104 valence electrons. The maximum Gasteiger partial charge on any atom is 0.254 e. The molecule has 2 rings (SSSR count). The van der Waals surface area contributed by atoms with Crippen LogP contribution < -0.4 is 11.1 Å². The molecule has 1 amide bonds. The summed E-state index contributed by atoms with van der Waals surface area (Å²) in [5, 5.41) is 12.4. The van der Waals surface area contributed by atoms with Gasteiger partial charge in [0, 0.05) is 17.1 Å². The summed E-state index contributed by atoms with van der Waals surface area (Å²) in [6, 6.07) is 2.67. The lowest BCUT2D eigenvalue weighted by Gasteiger charge is -2.49. The summed E-state index contributed by atoms with van der Waals surface area (Å²) in [4.78, 5) is 12.1. The molecule has 1 aromatic carbocycles. The van der Waals surface area contributed by atoms with Crippen molar-refractivity contribution in [1.29, 1.82) is 0 Å². The van der Waals surface area contributed by atoms with E-state index in [0.29, 0.717) is 17.7 Å². The number of halogens is 1. The first-order valence-electron chi connectivity index (χ1n) is 6.28. The molecule has 0 aromatic heterocycles. The first-order valence-corrected chi connectivity index (χ1v) is 6.28. The van der Waals surface area contributed by atoms with Crippen molar-refractivity contribution < 1.29 is 14.3 Å². The number of carbonyl (C=O) groups excluding carboxylic acids is 1. The van der Waals surface area contributed by atoms with E-state index in [1.807, 2.05) is 13.8 Å². The van der Waals surface area contributed by atoms with Crippen LogP contribution in [0.25, 0.3) is 0 Å². The van der Waals surface area contributed by atoms with Gasteiger partial charge in [0.15, 0.2) is 0 Å². The Morgan fingerprint density at radius 3 is 2.68 bits per heavy atom. The molecule has 0 heterocycles. The summed E-state index contributed by atoms with van der Waals surface area (Å²) in [6.07, 6.45) is 0.0481. The maximum atomic E-state index is 13.9. The molecule has 19 heavy (non-hydrogen) atoms. The first kappa shape index (κ1) is 13.8. The number of benzene rings is 1. The van der Waals surface area contributed by atoms with E-state index in [1.165, 1.54) is 12.1 Å². The molecular weight excluding hydrogens is 247 g/mol. The number of carbonyl (C=O) groups is 1. The van der Waals surface area contributed by atoms with Crippen LogP contribution in [0.15, 0.2) is 12.1 Å². The van der Waals surface area contributed by atoms with Gasteiger partial charge >= 0.3 is 0 Å². The number of nitrogens with two attached hydrogens (primary N) is 1. The van der Waals surface area contributed by atoms with Gasteiger partial charge in [0.25, 0.3) is 5.91 Å². The Labute approximate surface area is 111 Å². The van der Waals surface area contributed by atoms with E-state index in [9.17, 15) is 14.3 Å². The third kappa shape index (κ3) is 2.30. The standard InChI is InChI=1S/C14H19FN2O2/c1-7-4-8(16)5-9(12(7)15)13(19)17-10-6-11(18)14(10,2)3/h4-5,10-11,18H,6,16H2,1-3H3,(H,17,19). The van der Waals surface area contributed by atoms with Crippen molar-refractivity contribution in [1.82, 2.24) is 5.32 Å². The molecule has 0 bridgehead atoms. The quantitative estimate of drug-likeness (QED) is 0.712. The van der Waals surface area contributed by atoms with Crippen LogP contribution in [0.4, 0.5) is 10.1 Å². The van der Waals surface area contributed by atoms with E-state index in [0.717, 1.165) is 0 Å². The monoisotopic (exact) mass is 266 g/mol. The highest BCUT2D eigenvalue weighted by Gasteiger charge is 2.48. The van der Waals surface area contributed by atoms with Gasteiger partial charge in [0.1, 0.15) is 5.82 Å². The Bertz CT molecular complexity index is 528. The zero-order valence-corrected chi connectivity index (χ0v) is 11.3. The lowest BCUT2D eigenvalue weighted by Crippen LogP contribution is -2.61. The topological polar surface area (TPSA) is 75.4 Å². The molecule has 1 aliphatic rings. The van der Waals surface area contributed by atoms with Crippen LogP contribution in [0.2, 0.25) is 0 Å². The van der Waals surface area contributed by atoms with Gasteiger partial charge in [-0.15, -0.1) is 0 Å². The number of aliphatic hydroxyl groups is 1. The van der Waals surface area contributed by atoms with Crippen molar-refractivity contribution >= 4 is 11.6 Å². The maximum absolute atomic E-state index is 13.9. The van der Waals surface area contributed by atoms with Gasteiger partial charge in [-0.05, 0) is 31.0 Å². The van der Waals surface area contributed by atoms with E-state index in [1.54, 1.807) is 6.92 Å². The van der Waals surface area contributed by atoms with E-state index in [2.05, 4.69) is 5.32 Å². The van der Waals surface area contributed by atoms with Crippen LogP contribution in [0.1, 0.15) is 36.2 Å². The van der Waals surface area contributed by atoms with Crippen molar-refractivity contribution in [3.05, 3.63) is 29.1 Å². The Hall–Kier alpha value is -1.62. The van der Waals surface area contributed by atoms with Crippen molar-refractivity contribution in [2.24, 2.45) is 5.41 Å². The van der Waals surface area contributed by atoms with Gasteiger partial charge in [0.2, 0.25) is 0 Å². The van der Waals surface area contributed by atoms with Gasteiger partial charge in [-0.2, -0.15) is 0 Å². The molecule has 2 unspecified atom stereocenters. The number of hydrogen-bond donors (Lipinski definition) is 3. The summed E-state index contributed by atoms with van der Waals surface area (Å²) in [5.74, 6) is -1.04. The molecule has 1 fully saturated rings. The highest BCUT2D eigenvalue weighted by atomic mass is 19.1. The second-order valence-corrected chi connectivity index (χ2v) is 5.80. The number of hydrogen-bond acceptors (Lipinski definition) is 3. The number of nitrogens with one attached hydrogen (secondary N) is 1. The largest absolute Gasteiger partial charge is 0.399 e. The van der Waals surface area contributed by atoms with E-state index in [4.69, 9.17) is 5.73 Å². The zero-order valence-electron chi connectivity index (χ0n) is 11.3. The molecule has 5 heteroatoms. The lowest BCUT2D eigenvalue weighted by atomic mass is 9.64. The average Bonchev–Trinajstić information content (AvgIpc) is 2.33. The predicted octanol–water partition coefficient (Wildman–Crippen LogP) is 1.61. The first-order chi connectivity index (χ1) is 8.73. The fourth-order valence-corrected chi connectivity index (χ4v) is 2.35. The molecule has 1 saturated carbocycles. The molecule has 0 radical (unpaired) electrons. The highest BCUT2D eigenvalue weighted by molar-refractivity contribution is 5.96. The molecule has 1 aromatic rings. The smallest absolute Gasteiger partial charge is 0.254 e. The molecule has 0 spiro atoms. The van der Waals surface area contributed by atoms with E-state index in [-0.39, 0.29) is 17.0 Å². The minimum Gasteiger partial charge on any atom is -0.399 e. The Balaban J connectivity index is 2.18. The molecule has 4 N–H and O–H groups in total. The average molecular weight is 266 g/mol. The highest BCUT2D eigenvalue weighted by Crippen LogP contribution is 2.40. The number of rotatable bonds is 2. The minimum atomic E-state index is -0.552. The van der Waals surface area contributed by atoms with Gasteiger partial charge in [-0.1, -0.05) is 13.8 Å². The van der Waals surface area contributed by atoms with Crippen molar-refractivity contribution in [3.63, 3.8) is 0 Å². The second-order valence-electron chi connectivity index (χ2n) is 5.80. The molecule has 0 aliphatic heterocycles. The third-order valence-electron chi connectivity index (χ3n) is 4.04. The number of nitrogen functional groups attached to an aromatic ring is 1. The molecule has 4 nitrogen and oxygen atoms in total. The van der Waals surface area contributed by atoms with Gasteiger partial charge < -0.3 is 16.2 Å². The van der Waals surface area contributed by atoms with Gasteiger partial charge in [-0.25, -0.2) is 4.39 Å². The summed E-state index contributed by atoms with van der Waals surface area (Å²) < 4.78 is 13.9. The molecule has 0 saturated heterocycles. The van der Waals surface area contributed by atoms with E-state index >= 15 is 0 Å². The molecule has 1 aliphatic carbocycles. The van der Waals surface area contributed by atoms with Crippen LogP contribution in [0, 0.1) is 18.2 Å². The Kier molecular flexibility index (Phi) is 3.26. The van der Waals surface area contributed by atoms with E-state index < -0.39 is 17.8 Å². The number of aliphatic hydroxyl groups excluding tert-OH is 1. The number of amides is 1. The lowest BCUT2D eigenvalue weighted by molar-refractivity contribution is -0.0689. The number of anilines is 1. The molecular formula is C14H19FN2O2. The number of aryl methyl sites for hydroxylation is 1. The fourth-order valence-electron chi connectivity index (χ4n) is 2.35. The second kappa shape index (κ2) is 4.49. The van der Waals surface area contributed by atoms with Crippen LogP contribution in [-0.4, -0.2) is 23.2 Å². The van der Waals surface area contributed by atoms with Gasteiger partial charge in [-0.3, -0.25) is 4.79 Å². The third-order valence-corrected chi connectivity index (χ3v) is 4.04. The minimum absolute atomic E-state index is 0.0466. The van der Waals surface area contributed by atoms with Crippen LogP contribution in [-0.2, 0) is 0 Å². The normalized spacial score (nSPS) is 24.7. The van der Waals surface area contributed by atoms with Crippen molar-refractivity contribution in [3.8, 4) is 0 Å². The van der Waals surface area contributed by atoms with Crippen LogP contribution in [0.5, 0.6) is 0 Å². The van der Waals surface area contributed by atoms with Gasteiger partial charge in [0.05, 0.1) is 11.7 Å². The summed E-state index contributed by atoms with van der Waals surface area (Å²) in [7, 11) is 0. The summed E-state index contributed by atoms with van der Waals surface area (Å²) >= 11 is 0. The summed E-state index contributed by atoms with van der Waals surface area (Å²) in [5.41, 5.74) is 5.90. The Morgan fingerprint density at radius 1 is 1.53 bits per heavy atom. The van der Waals surface area contributed by atoms with Crippen LogP contribution >= 0.6 is 0 Å². The Morgan fingerprint density at radius 2 is 2.16 bits per heavy atom. The van der Waals surface area contributed by atoms with Crippen molar-refractivity contribution in [2.75, 3.05) is 5.73 Å². The molecule has 2 atom stereocenters. The van der Waals surface area contributed by atoms with Crippen molar-refractivity contribution in [2.45, 2.75) is 39.3 Å². The van der Waals surface area contributed by atoms with Crippen LogP contribution in [0.3, 0.4) is 0 Å².